The van der Waals surface area contributed by atoms with Crippen LogP contribution in [0.5, 0.6) is 0 Å². The van der Waals surface area contributed by atoms with E-state index >= 15 is 0 Å². The van der Waals surface area contributed by atoms with Gasteiger partial charge in [0.2, 0.25) is 11.7 Å². The molecule has 1 saturated heterocycles. The first-order valence-electron chi connectivity index (χ1n) is 8.59. The standard InChI is InChI=1S/C20H21N3O2/c21-14-15-6-8-16(9-7-15)18-22-19(25-23-18)20(10-12-24-13-11-20)17-4-2-1-3-5-17/h1-9H,10-14,21H2. The first-order chi connectivity index (χ1) is 12.3. The second-order valence-electron chi connectivity index (χ2n) is 6.38. The third kappa shape index (κ3) is 2.97. The van der Waals surface area contributed by atoms with Gasteiger partial charge in [-0.15, -0.1) is 0 Å². The smallest absolute Gasteiger partial charge is 0.237 e. The van der Waals surface area contributed by atoms with Gasteiger partial charge >= 0.3 is 0 Å². The molecule has 0 spiro atoms. The molecule has 4 rings (SSSR count). The molecule has 1 aliphatic rings. The van der Waals surface area contributed by atoms with Crippen molar-refractivity contribution >= 4 is 0 Å². The molecule has 0 radical (unpaired) electrons. The number of hydrogen-bond donors (Lipinski definition) is 1. The van der Waals surface area contributed by atoms with Crippen molar-refractivity contribution in [1.82, 2.24) is 10.1 Å². The second kappa shape index (κ2) is 6.78. The summed E-state index contributed by atoms with van der Waals surface area (Å²) in [5.74, 6) is 1.28. The number of nitrogens with zero attached hydrogens (tertiary/aromatic N) is 2. The Hall–Kier alpha value is -2.50. The molecule has 1 fully saturated rings. The molecule has 3 aromatic rings. The van der Waals surface area contributed by atoms with E-state index in [-0.39, 0.29) is 5.41 Å². The van der Waals surface area contributed by atoms with Crippen LogP contribution in [0.25, 0.3) is 11.4 Å². The van der Waals surface area contributed by atoms with Crippen LogP contribution in [0.2, 0.25) is 0 Å². The lowest BCUT2D eigenvalue weighted by molar-refractivity contribution is 0.0523. The van der Waals surface area contributed by atoms with Crippen LogP contribution in [-0.4, -0.2) is 23.4 Å². The number of benzene rings is 2. The van der Waals surface area contributed by atoms with Gasteiger partial charge in [0.1, 0.15) is 0 Å². The van der Waals surface area contributed by atoms with E-state index in [1.54, 1.807) is 0 Å². The molecular weight excluding hydrogens is 314 g/mol. The minimum Gasteiger partial charge on any atom is -0.381 e. The summed E-state index contributed by atoms with van der Waals surface area (Å²) in [6.07, 6.45) is 1.68. The summed E-state index contributed by atoms with van der Waals surface area (Å²) in [6.45, 7) is 1.91. The molecule has 0 atom stereocenters. The van der Waals surface area contributed by atoms with E-state index in [0.29, 0.717) is 31.5 Å². The van der Waals surface area contributed by atoms with Gasteiger partial charge in [0.05, 0.1) is 5.41 Å². The van der Waals surface area contributed by atoms with E-state index in [1.165, 1.54) is 5.56 Å². The molecule has 2 aromatic carbocycles. The third-order valence-corrected chi connectivity index (χ3v) is 4.96. The van der Waals surface area contributed by atoms with Crippen molar-refractivity contribution < 1.29 is 9.26 Å². The summed E-state index contributed by atoms with van der Waals surface area (Å²) in [4.78, 5) is 4.74. The minimum atomic E-state index is -0.276. The van der Waals surface area contributed by atoms with Gasteiger partial charge in [-0.3, -0.25) is 0 Å². The molecule has 0 aliphatic carbocycles. The molecule has 2 N–H and O–H groups in total. The maximum absolute atomic E-state index is 5.73. The quantitative estimate of drug-likeness (QED) is 0.792. The van der Waals surface area contributed by atoms with Crippen LogP contribution >= 0.6 is 0 Å². The molecule has 1 aromatic heterocycles. The van der Waals surface area contributed by atoms with Gasteiger partial charge in [-0.2, -0.15) is 4.98 Å². The van der Waals surface area contributed by atoms with Crippen molar-refractivity contribution in [2.24, 2.45) is 5.73 Å². The molecule has 5 heteroatoms. The van der Waals surface area contributed by atoms with Crippen LogP contribution in [0.3, 0.4) is 0 Å². The van der Waals surface area contributed by atoms with Crippen molar-refractivity contribution in [3.05, 3.63) is 71.6 Å². The second-order valence-corrected chi connectivity index (χ2v) is 6.38. The summed E-state index contributed by atoms with van der Waals surface area (Å²) < 4.78 is 11.3. The van der Waals surface area contributed by atoms with Gasteiger partial charge in [0.15, 0.2) is 0 Å². The highest BCUT2D eigenvalue weighted by Gasteiger charge is 2.41. The maximum atomic E-state index is 5.73. The van der Waals surface area contributed by atoms with Gasteiger partial charge in [0, 0.05) is 25.3 Å². The molecule has 128 valence electrons. The number of rotatable bonds is 4. The molecule has 0 saturated carbocycles. The Kier molecular flexibility index (Phi) is 4.34. The van der Waals surface area contributed by atoms with Crippen molar-refractivity contribution in [1.29, 1.82) is 0 Å². The van der Waals surface area contributed by atoms with Gasteiger partial charge in [-0.05, 0) is 24.0 Å². The van der Waals surface area contributed by atoms with E-state index < -0.39 is 0 Å². The zero-order chi connectivity index (χ0) is 17.1. The van der Waals surface area contributed by atoms with E-state index in [1.807, 2.05) is 30.3 Å². The molecule has 5 nitrogen and oxygen atoms in total. The molecule has 25 heavy (non-hydrogen) atoms. The van der Waals surface area contributed by atoms with Crippen molar-refractivity contribution in [3.63, 3.8) is 0 Å². The van der Waals surface area contributed by atoms with E-state index in [4.69, 9.17) is 20.0 Å². The third-order valence-electron chi connectivity index (χ3n) is 4.96. The van der Waals surface area contributed by atoms with Gasteiger partial charge in [-0.1, -0.05) is 59.8 Å². The van der Waals surface area contributed by atoms with Crippen LogP contribution in [0.4, 0.5) is 0 Å². The summed E-state index contributed by atoms with van der Waals surface area (Å²) >= 11 is 0. The molecule has 0 amide bonds. The van der Waals surface area contributed by atoms with Gasteiger partial charge in [0.25, 0.3) is 0 Å². The van der Waals surface area contributed by atoms with Gasteiger partial charge in [-0.25, -0.2) is 0 Å². The molecule has 0 unspecified atom stereocenters. The fraction of sp³-hybridized carbons (Fsp3) is 0.300. The molecule has 1 aliphatic heterocycles. The van der Waals surface area contributed by atoms with Crippen molar-refractivity contribution in [3.8, 4) is 11.4 Å². The number of ether oxygens (including phenoxy) is 1. The summed E-state index contributed by atoms with van der Waals surface area (Å²) in [6, 6.07) is 18.3. The lowest BCUT2D eigenvalue weighted by atomic mass is 9.74. The van der Waals surface area contributed by atoms with Crippen molar-refractivity contribution in [2.45, 2.75) is 24.8 Å². The van der Waals surface area contributed by atoms with E-state index in [0.717, 1.165) is 24.0 Å². The zero-order valence-electron chi connectivity index (χ0n) is 14.0. The van der Waals surface area contributed by atoms with Crippen molar-refractivity contribution in [2.75, 3.05) is 13.2 Å². The topological polar surface area (TPSA) is 74.2 Å². The first kappa shape index (κ1) is 16.0. The Morgan fingerprint density at radius 2 is 1.68 bits per heavy atom. The monoisotopic (exact) mass is 335 g/mol. The Balaban J connectivity index is 1.72. The highest BCUT2D eigenvalue weighted by Crippen LogP contribution is 2.40. The van der Waals surface area contributed by atoms with Crippen LogP contribution in [-0.2, 0) is 16.7 Å². The lowest BCUT2D eigenvalue weighted by Gasteiger charge is -2.34. The lowest BCUT2D eigenvalue weighted by Crippen LogP contribution is -2.35. The average Bonchev–Trinajstić information content (AvgIpc) is 3.20. The zero-order valence-corrected chi connectivity index (χ0v) is 14.0. The Labute approximate surface area is 146 Å². The van der Waals surface area contributed by atoms with E-state index in [2.05, 4.69) is 29.4 Å². The predicted molar refractivity (Wildman–Crippen MR) is 94.9 cm³/mol. The molecular formula is C20H21N3O2. The Bertz CT molecular complexity index is 822. The molecule has 2 heterocycles. The maximum Gasteiger partial charge on any atom is 0.237 e. The fourth-order valence-corrected chi connectivity index (χ4v) is 3.43. The van der Waals surface area contributed by atoms with E-state index in [9.17, 15) is 0 Å². The Morgan fingerprint density at radius 3 is 2.36 bits per heavy atom. The number of hydrogen-bond acceptors (Lipinski definition) is 5. The van der Waals surface area contributed by atoms with Crippen LogP contribution in [0.1, 0.15) is 29.9 Å². The average molecular weight is 335 g/mol. The number of nitrogens with two attached hydrogens (primary N) is 1. The fourth-order valence-electron chi connectivity index (χ4n) is 3.43. The SMILES string of the molecule is NCc1ccc(-c2noc(C3(c4ccccc4)CCOCC3)n2)cc1. The summed E-state index contributed by atoms with van der Waals surface area (Å²) in [5.41, 5.74) is 8.60. The van der Waals surface area contributed by atoms with Crippen LogP contribution < -0.4 is 5.73 Å². The summed E-state index contributed by atoms with van der Waals surface area (Å²) in [7, 11) is 0. The van der Waals surface area contributed by atoms with Crippen LogP contribution in [0.15, 0.2) is 59.1 Å². The Morgan fingerprint density at radius 1 is 0.960 bits per heavy atom. The number of aromatic nitrogens is 2. The summed E-state index contributed by atoms with van der Waals surface area (Å²) in [5, 5.41) is 4.23. The largest absolute Gasteiger partial charge is 0.381 e. The van der Waals surface area contributed by atoms with Crippen LogP contribution in [0, 0.1) is 0 Å². The highest BCUT2D eigenvalue weighted by molar-refractivity contribution is 5.55. The normalized spacial score (nSPS) is 16.7. The van der Waals surface area contributed by atoms with Gasteiger partial charge < -0.3 is 15.0 Å². The predicted octanol–water partition coefficient (Wildman–Crippen LogP) is 3.29. The first-order valence-corrected chi connectivity index (χ1v) is 8.59. The molecule has 0 bridgehead atoms. The highest BCUT2D eigenvalue weighted by atomic mass is 16.5. The minimum absolute atomic E-state index is 0.276.